The lowest BCUT2D eigenvalue weighted by Gasteiger charge is -2.13. The van der Waals surface area contributed by atoms with E-state index in [-0.39, 0.29) is 11.6 Å². The minimum absolute atomic E-state index is 0.179. The Balaban J connectivity index is 1.88. The zero-order valence-corrected chi connectivity index (χ0v) is 13.3. The number of carbonyl (C=O) groups is 1. The number of aromatic amines is 1. The molecule has 1 heterocycles. The Labute approximate surface area is 133 Å². The molecule has 0 saturated carbocycles. The van der Waals surface area contributed by atoms with E-state index in [1.807, 2.05) is 37.2 Å². The van der Waals surface area contributed by atoms with Crippen LogP contribution in [0.4, 0.5) is 11.4 Å². The summed E-state index contributed by atoms with van der Waals surface area (Å²) in [6, 6.07) is 12.7. The van der Waals surface area contributed by atoms with E-state index in [1.54, 1.807) is 31.3 Å². The Hall–Kier alpha value is -3.02. The van der Waals surface area contributed by atoms with Crippen LogP contribution in [0.25, 0.3) is 11.0 Å². The number of carbonyl (C=O) groups excluding carboxylic acids is 1. The van der Waals surface area contributed by atoms with E-state index < -0.39 is 0 Å². The molecule has 6 heteroatoms. The van der Waals surface area contributed by atoms with Crippen molar-refractivity contribution in [3.63, 3.8) is 0 Å². The van der Waals surface area contributed by atoms with E-state index in [9.17, 15) is 9.59 Å². The number of nitrogens with one attached hydrogen (secondary N) is 2. The molecule has 0 aliphatic heterocycles. The molecule has 3 rings (SSSR count). The smallest absolute Gasteiger partial charge is 0.326 e. The lowest BCUT2D eigenvalue weighted by Crippen LogP contribution is -2.14. The molecule has 0 aliphatic carbocycles. The molecule has 2 N–H and O–H groups in total. The first-order valence-electron chi connectivity index (χ1n) is 7.23. The average molecular weight is 310 g/mol. The van der Waals surface area contributed by atoms with Crippen LogP contribution >= 0.6 is 0 Å². The van der Waals surface area contributed by atoms with Crippen molar-refractivity contribution in [2.45, 2.75) is 0 Å². The van der Waals surface area contributed by atoms with Gasteiger partial charge in [0.05, 0.1) is 11.0 Å². The number of hydrogen-bond donors (Lipinski definition) is 2. The van der Waals surface area contributed by atoms with Crippen LogP contribution in [0.2, 0.25) is 0 Å². The fraction of sp³-hybridized carbons (Fsp3) is 0.176. The Morgan fingerprint density at radius 2 is 1.96 bits per heavy atom. The fourth-order valence-electron chi connectivity index (χ4n) is 2.44. The van der Waals surface area contributed by atoms with Gasteiger partial charge in [-0.3, -0.25) is 9.36 Å². The van der Waals surface area contributed by atoms with Gasteiger partial charge in [0, 0.05) is 38.1 Å². The number of rotatable bonds is 3. The summed E-state index contributed by atoms with van der Waals surface area (Å²) < 4.78 is 1.53. The third-order valence-electron chi connectivity index (χ3n) is 3.79. The van der Waals surface area contributed by atoms with E-state index in [0.717, 1.165) is 11.2 Å². The number of H-pyrrole nitrogens is 1. The molecule has 23 heavy (non-hydrogen) atoms. The molecule has 0 unspecified atom stereocenters. The van der Waals surface area contributed by atoms with E-state index in [1.165, 1.54) is 4.57 Å². The van der Waals surface area contributed by atoms with Crippen LogP contribution in [0, 0.1) is 0 Å². The van der Waals surface area contributed by atoms with Gasteiger partial charge in [-0.15, -0.1) is 0 Å². The number of aromatic nitrogens is 2. The molecule has 0 atom stereocenters. The molecular formula is C17H18N4O2. The number of fused-ring (bicyclic) bond motifs is 1. The van der Waals surface area contributed by atoms with Crippen molar-refractivity contribution in [2.24, 2.45) is 7.05 Å². The third-order valence-corrected chi connectivity index (χ3v) is 3.79. The van der Waals surface area contributed by atoms with E-state index in [2.05, 4.69) is 10.3 Å². The number of amides is 1. The molecule has 6 nitrogen and oxygen atoms in total. The first-order chi connectivity index (χ1) is 11.0. The maximum Gasteiger partial charge on any atom is 0.326 e. The lowest BCUT2D eigenvalue weighted by atomic mass is 10.1. The van der Waals surface area contributed by atoms with Crippen molar-refractivity contribution >= 4 is 28.3 Å². The summed E-state index contributed by atoms with van der Waals surface area (Å²) in [7, 11) is 5.56. The predicted octanol–water partition coefficient (Wildman–Crippen LogP) is 2.18. The van der Waals surface area contributed by atoms with Crippen LogP contribution in [0.1, 0.15) is 10.4 Å². The second-order valence-corrected chi connectivity index (χ2v) is 5.62. The molecule has 0 fully saturated rings. The standard InChI is InChI=1S/C17H18N4O2/c1-20(2)13-6-4-5-11(9-13)16(22)18-12-7-8-15-14(10-12)19-17(23)21(15)3/h4-10H,1-3H3,(H,18,22)(H,19,23). The normalized spacial score (nSPS) is 10.7. The maximum atomic E-state index is 12.4. The van der Waals surface area contributed by atoms with Gasteiger partial charge in [-0.2, -0.15) is 0 Å². The van der Waals surface area contributed by atoms with Crippen LogP contribution in [0.15, 0.2) is 47.3 Å². The van der Waals surface area contributed by atoms with Crippen LogP contribution in [-0.4, -0.2) is 29.6 Å². The zero-order chi connectivity index (χ0) is 16.6. The Morgan fingerprint density at radius 1 is 1.17 bits per heavy atom. The Bertz CT molecular complexity index is 937. The van der Waals surface area contributed by atoms with E-state index in [4.69, 9.17) is 0 Å². The first kappa shape index (κ1) is 14.9. The second kappa shape index (κ2) is 5.64. The highest BCUT2D eigenvalue weighted by Gasteiger charge is 2.09. The summed E-state index contributed by atoms with van der Waals surface area (Å²) in [5.74, 6) is -0.189. The molecule has 0 spiro atoms. The average Bonchev–Trinajstić information content (AvgIpc) is 2.81. The topological polar surface area (TPSA) is 70.1 Å². The van der Waals surface area contributed by atoms with Gasteiger partial charge in [-0.05, 0) is 36.4 Å². The third kappa shape index (κ3) is 2.83. The summed E-state index contributed by atoms with van der Waals surface area (Å²) in [4.78, 5) is 28.7. The van der Waals surface area contributed by atoms with Crippen molar-refractivity contribution < 1.29 is 4.79 Å². The first-order valence-corrected chi connectivity index (χ1v) is 7.23. The van der Waals surface area contributed by atoms with Crippen molar-refractivity contribution in [2.75, 3.05) is 24.3 Å². The quantitative estimate of drug-likeness (QED) is 0.779. The zero-order valence-electron chi connectivity index (χ0n) is 13.3. The number of hydrogen-bond acceptors (Lipinski definition) is 3. The molecule has 2 aromatic carbocycles. The van der Waals surface area contributed by atoms with Crippen LogP contribution in [-0.2, 0) is 7.05 Å². The molecule has 0 bridgehead atoms. The van der Waals surface area contributed by atoms with Crippen molar-refractivity contribution in [3.05, 3.63) is 58.5 Å². The summed E-state index contributed by atoms with van der Waals surface area (Å²) in [5.41, 5.74) is 3.49. The van der Waals surface area contributed by atoms with Crippen LogP contribution in [0.5, 0.6) is 0 Å². The van der Waals surface area contributed by atoms with Gasteiger partial charge in [0.15, 0.2) is 0 Å². The monoisotopic (exact) mass is 310 g/mol. The van der Waals surface area contributed by atoms with Gasteiger partial charge in [-0.1, -0.05) is 6.07 Å². The molecule has 1 aromatic heterocycles. The fourth-order valence-corrected chi connectivity index (χ4v) is 2.44. The van der Waals surface area contributed by atoms with Gasteiger partial charge in [0.25, 0.3) is 5.91 Å². The minimum atomic E-state index is -0.189. The number of benzene rings is 2. The van der Waals surface area contributed by atoms with Crippen LogP contribution < -0.4 is 15.9 Å². The predicted molar refractivity (Wildman–Crippen MR) is 92.3 cm³/mol. The summed E-state index contributed by atoms with van der Waals surface area (Å²) in [6.07, 6.45) is 0. The van der Waals surface area contributed by atoms with Crippen molar-refractivity contribution in [3.8, 4) is 0 Å². The lowest BCUT2D eigenvalue weighted by molar-refractivity contribution is 0.102. The summed E-state index contributed by atoms with van der Waals surface area (Å²) >= 11 is 0. The van der Waals surface area contributed by atoms with E-state index >= 15 is 0 Å². The molecule has 0 saturated heterocycles. The molecule has 3 aromatic rings. The van der Waals surface area contributed by atoms with Gasteiger partial charge in [0.2, 0.25) is 0 Å². The summed E-state index contributed by atoms with van der Waals surface area (Å²) in [6.45, 7) is 0. The molecule has 0 aliphatic rings. The number of anilines is 2. The number of imidazole rings is 1. The van der Waals surface area contributed by atoms with Gasteiger partial charge in [0.1, 0.15) is 0 Å². The highest BCUT2D eigenvalue weighted by molar-refractivity contribution is 6.05. The van der Waals surface area contributed by atoms with Crippen molar-refractivity contribution in [1.29, 1.82) is 0 Å². The van der Waals surface area contributed by atoms with E-state index in [0.29, 0.717) is 16.8 Å². The molecular weight excluding hydrogens is 292 g/mol. The van der Waals surface area contributed by atoms with Crippen molar-refractivity contribution in [1.82, 2.24) is 9.55 Å². The molecule has 1 amide bonds. The highest BCUT2D eigenvalue weighted by Crippen LogP contribution is 2.18. The molecule has 118 valence electrons. The highest BCUT2D eigenvalue weighted by atomic mass is 16.2. The molecule has 0 radical (unpaired) electrons. The number of aryl methyl sites for hydroxylation is 1. The SMILES string of the molecule is CN(C)c1cccc(C(=O)Nc2ccc3c(c2)[nH]c(=O)n3C)c1. The van der Waals surface area contributed by atoms with Gasteiger partial charge < -0.3 is 15.2 Å². The summed E-state index contributed by atoms with van der Waals surface area (Å²) in [5, 5.41) is 2.86. The second-order valence-electron chi connectivity index (χ2n) is 5.62. The van der Waals surface area contributed by atoms with Gasteiger partial charge in [-0.25, -0.2) is 4.79 Å². The Kier molecular flexibility index (Phi) is 3.65. The minimum Gasteiger partial charge on any atom is -0.378 e. The maximum absolute atomic E-state index is 12.4. The van der Waals surface area contributed by atoms with Gasteiger partial charge >= 0.3 is 5.69 Å². The Morgan fingerprint density at radius 3 is 2.70 bits per heavy atom. The van der Waals surface area contributed by atoms with Crippen LogP contribution in [0.3, 0.4) is 0 Å². The largest absolute Gasteiger partial charge is 0.378 e. The number of nitrogens with zero attached hydrogens (tertiary/aromatic N) is 2.